The molecule has 6 heteroatoms. The number of aryl methyl sites for hydroxylation is 1. The number of rotatable bonds is 7. The molecule has 1 amide bonds. The van der Waals surface area contributed by atoms with Gasteiger partial charge < -0.3 is 10.1 Å². The van der Waals surface area contributed by atoms with Gasteiger partial charge in [0.15, 0.2) is 0 Å². The zero-order chi connectivity index (χ0) is 17.6. The summed E-state index contributed by atoms with van der Waals surface area (Å²) in [6, 6.07) is 13.8. The standard InChI is InChI=1S/C19H21N3O2S/c1-24-17-6-7-18-15(11-17)12-20-22(18)9-8-19(23)21-16-5-3-4-14(10-16)13-25-2/h3-7,10-12H,8-9,13H2,1-2H3,(H,21,23). The third-order valence-corrected chi connectivity index (χ3v) is 4.54. The molecular formula is C19H21N3O2S. The maximum atomic E-state index is 12.2. The zero-order valence-electron chi connectivity index (χ0n) is 14.4. The summed E-state index contributed by atoms with van der Waals surface area (Å²) in [5.74, 6) is 1.72. The van der Waals surface area contributed by atoms with E-state index in [-0.39, 0.29) is 5.91 Å². The predicted molar refractivity (Wildman–Crippen MR) is 103 cm³/mol. The number of hydrogen-bond donors (Lipinski definition) is 1. The summed E-state index contributed by atoms with van der Waals surface area (Å²) in [5.41, 5.74) is 3.04. The van der Waals surface area contributed by atoms with E-state index < -0.39 is 0 Å². The Balaban J connectivity index is 1.61. The molecule has 0 saturated carbocycles. The van der Waals surface area contributed by atoms with E-state index in [1.54, 1.807) is 25.1 Å². The summed E-state index contributed by atoms with van der Waals surface area (Å²) in [6.07, 6.45) is 4.23. The van der Waals surface area contributed by atoms with E-state index in [0.29, 0.717) is 13.0 Å². The highest BCUT2D eigenvalue weighted by atomic mass is 32.2. The molecule has 5 nitrogen and oxygen atoms in total. The minimum Gasteiger partial charge on any atom is -0.497 e. The van der Waals surface area contributed by atoms with Crippen LogP contribution in [0.25, 0.3) is 10.9 Å². The topological polar surface area (TPSA) is 56.2 Å². The highest BCUT2D eigenvalue weighted by Crippen LogP contribution is 2.20. The van der Waals surface area contributed by atoms with Gasteiger partial charge in [0.1, 0.15) is 5.75 Å². The van der Waals surface area contributed by atoms with E-state index in [1.807, 2.05) is 41.1 Å². The van der Waals surface area contributed by atoms with Crippen LogP contribution in [0.15, 0.2) is 48.7 Å². The lowest BCUT2D eigenvalue weighted by atomic mass is 10.2. The van der Waals surface area contributed by atoms with Gasteiger partial charge in [-0.15, -0.1) is 0 Å². The number of benzene rings is 2. The molecule has 130 valence electrons. The normalized spacial score (nSPS) is 10.8. The minimum absolute atomic E-state index is 0.0153. The summed E-state index contributed by atoms with van der Waals surface area (Å²) >= 11 is 1.76. The SMILES string of the molecule is COc1ccc2c(cnn2CCC(=O)Nc2cccc(CSC)c2)c1. The minimum atomic E-state index is -0.0153. The number of fused-ring (bicyclic) bond motifs is 1. The van der Waals surface area contributed by atoms with Crippen molar-refractivity contribution in [1.29, 1.82) is 0 Å². The smallest absolute Gasteiger partial charge is 0.226 e. The van der Waals surface area contributed by atoms with Crippen LogP contribution in [0.1, 0.15) is 12.0 Å². The molecule has 0 spiro atoms. The van der Waals surface area contributed by atoms with Crippen LogP contribution in [0.3, 0.4) is 0 Å². The van der Waals surface area contributed by atoms with Gasteiger partial charge in [0.2, 0.25) is 5.91 Å². The second-order valence-electron chi connectivity index (χ2n) is 5.72. The Hall–Kier alpha value is -2.47. The number of carbonyl (C=O) groups is 1. The van der Waals surface area contributed by atoms with Crippen LogP contribution in [0, 0.1) is 0 Å². The van der Waals surface area contributed by atoms with E-state index in [0.717, 1.165) is 28.1 Å². The van der Waals surface area contributed by atoms with Crippen molar-refractivity contribution in [1.82, 2.24) is 9.78 Å². The molecule has 2 aromatic carbocycles. The van der Waals surface area contributed by atoms with E-state index in [1.165, 1.54) is 5.56 Å². The van der Waals surface area contributed by atoms with Crippen molar-refractivity contribution in [2.75, 3.05) is 18.7 Å². The Kier molecular flexibility index (Phi) is 5.60. The van der Waals surface area contributed by atoms with Crippen molar-refractivity contribution in [2.24, 2.45) is 0 Å². The molecular weight excluding hydrogens is 334 g/mol. The number of carbonyl (C=O) groups excluding carboxylic acids is 1. The molecule has 3 rings (SSSR count). The molecule has 0 fully saturated rings. The lowest BCUT2D eigenvalue weighted by molar-refractivity contribution is -0.116. The Bertz CT molecular complexity index is 876. The van der Waals surface area contributed by atoms with Crippen LogP contribution in [0.4, 0.5) is 5.69 Å². The first-order valence-corrected chi connectivity index (χ1v) is 9.46. The largest absolute Gasteiger partial charge is 0.497 e. The molecule has 3 aromatic rings. The molecule has 1 heterocycles. The number of anilines is 1. The Labute approximate surface area is 151 Å². The number of thioether (sulfide) groups is 1. The second-order valence-corrected chi connectivity index (χ2v) is 6.59. The van der Waals surface area contributed by atoms with E-state index in [2.05, 4.69) is 22.7 Å². The maximum Gasteiger partial charge on any atom is 0.226 e. The van der Waals surface area contributed by atoms with Crippen LogP contribution < -0.4 is 10.1 Å². The van der Waals surface area contributed by atoms with Gasteiger partial charge in [-0.2, -0.15) is 16.9 Å². The fourth-order valence-electron chi connectivity index (χ4n) is 2.71. The van der Waals surface area contributed by atoms with E-state index >= 15 is 0 Å². The third kappa shape index (κ3) is 4.33. The highest BCUT2D eigenvalue weighted by molar-refractivity contribution is 7.97. The van der Waals surface area contributed by atoms with Crippen LogP contribution in [0.2, 0.25) is 0 Å². The molecule has 0 aliphatic carbocycles. The van der Waals surface area contributed by atoms with Crippen molar-refractivity contribution in [3.05, 3.63) is 54.2 Å². The van der Waals surface area contributed by atoms with Gasteiger partial charge in [-0.25, -0.2) is 0 Å². The Morgan fingerprint density at radius 3 is 2.96 bits per heavy atom. The first kappa shape index (κ1) is 17.4. The molecule has 0 saturated heterocycles. The summed E-state index contributed by atoms with van der Waals surface area (Å²) in [5, 5.41) is 8.33. The monoisotopic (exact) mass is 355 g/mol. The average Bonchev–Trinajstić information content (AvgIpc) is 3.02. The average molecular weight is 355 g/mol. The highest BCUT2D eigenvalue weighted by Gasteiger charge is 2.07. The quantitative estimate of drug-likeness (QED) is 0.697. The summed E-state index contributed by atoms with van der Waals surface area (Å²) in [7, 11) is 1.64. The zero-order valence-corrected chi connectivity index (χ0v) is 15.2. The Morgan fingerprint density at radius 1 is 1.28 bits per heavy atom. The third-order valence-electron chi connectivity index (χ3n) is 3.92. The molecule has 1 N–H and O–H groups in total. The number of nitrogens with one attached hydrogen (secondary N) is 1. The van der Waals surface area contributed by atoms with Gasteiger partial charge in [-0.1, -0.05) is 12.1 Å². The van der Waals surface area contributed by atoms with E-state index in [4.69, 9.17) is 4.74 Å². The van der Waals surface area contributed by atoms with Gasteiger partial charge in [-0.3, -0.25) is 9.48 Å². The maximum absolute atomic E-state index is 12.2. The molecule has 25 heavy (non-hydrogen) atoms. The van der Waals surface area contributed by atoms with Crippen molar-refractivity contribution in [3.8, 4) is 5.75 Å². The number of methoxy groups -OCH3 is 1. The number of hydrogen-bond acceptors (Lipinski definition) is 4. The van der Waals surface area contributed by atoms with Gasteiger partial charge in [0, 0.05) is 23.2 Å². The first-order valence-electron chi connectivity index (χ1n) is 8.07. The molecule has 0 radical (unpaired) electrons. The van der Waals surface area contributed by atoms with Crippen molar-refractivity contribution in [2.45, 2.75) is 18.7 Å². The van der Waals surface area contributed by atoms with Crippen LogP contribution in [0.5, 0.6) is 5.75 Å². The van der Waals surface area contributed by atoms with Crippen molar-refractivity contribution in [3.63, 3.8) is 0 Å². The molecule has 0 atom stereocenters. The summed E-state index contributed by atoms with van der Waals surface area (Å²) in [4.78, 5) is 12.2. The number of amides is 1. The predicted octanol–water partition coefficient (Wildman–Crippen LogP) is 3.94. The van der Waals surface area contributed by atoms with Gasteiger partial charge in [-0.05, 0) is 42.2 Å². The number of nitrogens with zero attached hydrogens (tertiary/aromatic N) is 2. The van der Waals surface area contributed by atoms with Crippen LogP contribution in [-0.2, 0) is 17.1 Å². The number of aromatic nitrogens is 2. The fraction of sp³-hybridized carbons (Fsp3) is 0.263. The fourth-order valence-corrected chi connectivity index (χ4v) is 3.22. The molecule has 0 unspecified atom stereocenters. The summed E-state index contributed by atoms with van der Waals surface area (Å²) < 4.78 is 7.07. The van der Waals surface area contributed by atoms with Crippen molar-refractivity contribution >= 4 is 34.3 Å². The molecule has 0 aliphatic heterocycles. The number of ether oxygens (including phenoxy) is 1. The summed E-state index contributed by atoms with van der Waals surface area (Å²) in [6.45, 7) is 0.534. The first-order chi connectivity index (χ1) is 12.2. The van der Waals surface area contributed by atoms with Crippen LogP contribution in [-0.4, -0.2) is 29.1 Å². The lowest BCUT2D eigenvalue weighted by Crippen LogP contribution is -2.15. The lowest BCUT2D eigenvalue weighted by Gasteiger charge is -2.08. The van der Waals surface area contributed by atoms with Gasteiger partial charge in [0.05, 0.1) is 25.4 Å². The molecule has 1 aromatic heterocycles. The van der Waals surface area contributed by atoms with Gasteiger partial charge >= 0.3 is 0 Å². The van der Waals surface area contributed by atoms with E-state index in [9.17, 15) is 4.79 Å². The van der Waals surface area contributed by atoms with Crippen molar-refractivity contribution < 1.29 is 9.53 Å². The molecule has 0 bridgehead atoms. The molecule has 0 aliphatic rings. The van der Waals surface area contributed by atoms with Gasteiger partial charge in [0.25, 0.3) is 0 Å². The Morgan fingerprint density at radius 2 is 2.16 bits per heavy atom. The van der Waals surface area contributed by atoms with Crippen LogP contribution >= 0.6 is 11.8 Å². The second kappa shape index (κ2) is 8.07.